The first kappa shape index (κ1) is 12.6. The number of nitrogens with zero attached hydrogens (tertiary/aromatic N) is 1. The van der Waals surface area contributed by atoms with Gasteiger partial charge in [-0.3, -0.25) is 0 Å². The highest BCUT2D eigenvalue weighted by atomic mass is 19.4. The summed E-state index contributed by atoms with van der Waals surface area (Å²) in [7, 11) is 0. The molecule has 0 amide bonds. The van der Waals surface area contributed by atoms with Crippen molar-refractivity contribution >= 4 is 0 Å². The van der Waals surface area contributed by atoms with Gasteiger partial charge in [-0.1, -0.05) is 18.2 Å². The lowest BCUT2D eigenvalue weighted by atomic mass is 10.0. The molecule has 6 heteroatoms. The molecular formula is C10H9F4NO. The van der Waals surface area contributed by atoms with Gasteiger partial charge in [0.15, 0.2) is 0 Å². The van der Waals surface area contributed by atoms with E-state index in [0.717, 1.165) is 6.07 Å². The highest BCUT2D eigenvalue weighted by Crippen LogP contribution is 2.34. The standard InChI is InChI=1S/C10H9F4NO/c1-2-9(15-16)6-3-4-8(11)7(5-6)10(12,13)14/h3-5,9H,2H2,1H3. The van der Waals surface area contributed by atoms with Gasteiger partial charge >= 0.3 is 6.18 Å². The molecular weight excluding hydrogens is 226 g/mol. The maximum absolute atomic E-state index is 12.9. The topological polar surface area (TPSA) is 29.4 Å². The molecule has 0 aromatic heterocycles. The highest BCUT2D eigenvalue weighted by Gasteiger charge is 2.34. The normalized spacial score (nSPS) is 13.6. The smallest absolute Gasteiger partial charge is 0.206 e. The summed E-state index contributed by atoms with van der Waals surface area (Å²) in [5.74, 6) is -1.35. The lowest BCUT2D eigenvalue weighted by molar-refractivity contribution is -0.140. The minimum atomic E-state index is -4.76. The SMILES string of the molecule is CCC(N=O)c1ccc(F)c(C(F)(F)F)c1. The number of hydrogen-bond donors (Lipinski definition) is 0. The van der Waals surface area contributed by atoms with Gasteiger partial charge in [-0.05, 0) is 24.1 Å². The van der Waals surface area contributed by atoms with E-state index in [1.54, 1.807) is 6.92 Å². The molecule has 0 heterocycles. The third-order valence-electron chi connectivity index (χ3n) is 2.19. The fourth-order valence-electron chi connectivity index (χ4n) is 1.34. The summed E-state index contributed by atoms with van der Waals surface area (Å²) in [5, 5.41) is 2.69. The van der Waals surface area contributed by atoms with Gasteiger partial charge < -0.3 is 0 Å². The van der Waals surface area contributed by atoms with Crippen molar-refractivity contribution in [3.8, 4) is 0 Å². The van der Waals surface area contributed by atoms with Crippen LogP contribution in [-0.2, 0) is 6.18 Å². The van der Waals surface area contributed by atoms with E-state index < -0.39 is 23.6 Å². The maximum atomic E-state index is 12.9. The summed E-state index contributed by atoms with van der Waals surface area (Å²) in [6.07, 6.45) is -4.49. The molecule has 0 radical (unpaired) electrons. The highest BCUT2D eigenvalue weighted by molar-refractivity contribution is 5.29. The van der Waals surface area contributed by atoms with Gasteiger partial charge in [-0.15, -0.1) is 0 Å². The molecule has 0 saturated heterocycles. The fourth-order valence-corrected chi connectivity index (χ4v) is 1.34. The van der Waals surface area contributed by atoms with Crippen LogP contribution in [0.15, 0.2) is 23.4 Å². The Hall–Kier alpha value is -1.46. The maximum Gasteiger partial charge on any atom is 0.419 e. The second kappa shape index (κ2) is 4.59. The number of hydrogen-bond acceptors (Lipinski definition) is 2. The van der Waals surface area contributed by atoms with Crippen molar-refractivity contribution in [3.05, 3.63) is 40.1 Å². The van der Waals surface area contributed by atoms with E-state index >= 15 is 0 Å². The molecule has 0 fully saturated rings. The zero-order valence-electron chi connectivity index (χ0n) is 8.38. The molecule has 0 aliphatic carbocycles. The molecule has 2 nitrogen and oxygen atoms in total. The van der Waals surface area contributed by atoms with Gasteiger partial charge in [0, 0.05) is 0 Å². The molecule has 0 aliphatic heterocycles. The van der Waals surface area contributed by atoms with Crippen molar-refractivity contribution in [2.24, 2.45) is 5.18 Å². The van der Waals surface area contributed by atoms with Crippen LogP contribution in [0.2, 0.25) is 0 Å². The van der Waals surface area contributed by atoms with Crippen LogP contribution in [0.3, 0.4) is 0 Å². The molecule has 0 spiro atoms. The summed E-state index contributed by atoms with van der Waals surface area (Å²) in [6, 6.07) is 1.60. The quantitative estimate of drug-likeness (QED) is 0.573. The number of halogens is 4. The zero-order chi connectivity index (χ0) is 12.3. The van der Waals surface area contributed by atoms with Crippen molar-refractivity contribution in [3.63, 3.8) is 0 Å². The van der Waals surface area contributed by atoms with E-state index in [0.29, 0.717) is 12.1 Å². The minimum Gasteiger partial charge on any atom is -0.206 e. The van der Waals surface area contributed by atoms with Crippen LogP contribution < -0.4 is 0 Å². The Balaban J connectivity index is 3.22. The second-order valence-corrected chi connectivity index (χ2v) is 3.27. The monoisotopic (exact) mass is 235 g/mol. The predicted octanol–water partition coefficient (Wildman–Crippen LogP) is 4.06. The molecule has 0 bridgehead atoms. The van der Waals surface area contributed by atoms with Crippen LogP contribution in [0.4, 0.5) is 17.6 Å². The van der Waals surface area contributed by atoms with Crippen molar-refractivity contribution in [2.75, 3.05) is 0 Å². The second-order valence-electron chi connectivity index (χ2n) is 3.27. The minimum absolute atomic E-state index is 0.0752. The van der Waals surface area contributed by atoms with Crippen molar-refractivity contribution in [1.29, 1.82) is 0 Å². The van der Waals surface area contributed by atoms with Gasteiger partial charge in [-0.2, -0.15) is 18.1 Å². The molecule has 16 heavy (non-hydrogen) atoms. The zero-order valence-corrected chi connectivity index (χ0v) is 8.38. The third-order valence-corrected chi connectivity index (χ3v) is 2.19. The van der Waals surface area contributed by atoms with Gasteiger partial charge in [-0.25, -0.2) is 4.39 Å². The first-order chi connectivity index (χ1) is 7.40. The predicted molar refractivity (Wildman–Crippen MR) is 50.2 cm³/mol. The Labute approximate surface area is 89.2 Å². The summed E-state index contributed by atoms with van der Waals surface area (Å²) in [4.78, 5) is 10.4. The summed E-state index contributed by atoms with van der Waals surface area (Å²) in [6.45, 7) is 1.61. The average molecular weight is 235 g/mol. The summed E-state index contributed by atoms with van der Waals surface area (Å²) >= 11 is 0. The largest absolute Gasteiger partial charge is 0.419 e. The summed E-state index contributed by atoms with van der Waals surface area (Å²) < 4.78 is 50.0. The Bertz CT molecular complexity index is 389. The van der Waals surface area contributed by atoms with Crippen LogP contribution in [-0.4, -0.2) is 0 Å². The van der Waals surface area contributed by atoms with E-state index in [9.17, 15) is 22.5 Å². The van der Waals surface area contributed by atoms with E-state index in [4.69, 9.17) is 0 Å². The molecule has 1 aromatic rings. The van der Waals surface area contributed by atoms with Crippen LogP contribution >= 0.6 is 0 Å². The van der Waals surface area contributed by atoms with Crippen LogP contribution in [0.5, 0.6) is 0 Å². The molecule has 1 unspecified atom stereocenters. The van der Waals surface area contributed by atoms with Gasteiger partial charge in [0.1, 0.15) is 11.9 Å². The Morgan fingerprint density at radius 2 is 2.00 bits per heavy atom. The third kappa shape index (κ3) is 2.56. The van der Waals surface area contributed by atoms with Crippen molar-refractivity contribution in [1.82, 2.24) is 0 Å². The lowest BCUT2D eigenvalue weighted by Crippen LogP contribution is -2.09. The number of alkyl halides is 3. The molecule has 1 rings (SSSR count). The van der Waals surface area contributed by atoms with E-state index in [1.807, 2.05) is 0 Å². The molecule has 0 N–H and O–H groups in total. The van der Waals surface area contributed by atoms with E-state index in [1.165, 1.54) is 0 Å². The first-order valence-corrected chi connectivity index (χ1v) is 4.59. The van der Waals surface area contributed by atoms with Gasteiger partial charge in [0.05, 0.1) is 5.56 Å². The average Bonchev–Trinajstić information content (AvgIpc) is 2.20. The summed E-state index contributed by atoms with van der Waals surface area (Å²) in [5.41, 5.74) is -1.29. The number of rotatable bonds is 3. The molecule has 88 valence electrons. The van der Waals surface area contributed by atoms with Crippen LogP contribution in [0.1, 0.15) is 30.5 Å². The Kier molecular flexibility index (Phi) is 3.62. The Morgan fingerprint density at radius 3 is 2.44 bits per heavy atom. The fraction of sp³-hybridized carbons (Fsp3) is 0.400. The van der Waals surface area contributed by atoms with Crippen molar-refractivity contribution < 1.29 is 17.6 Å². The van der Waals surface area contributed by atoms with Gasteiger partial charge in [0.25, 0.3) is 0 Å². The molecule has 0 aliphatic rings. The molecule has 1 atom stereocenters. The number of nitroso groups, excluding NO2 is 1. The van der Waals surface area contributed by atoms with Crippen molar-refractivity contribution in [2.45, 2.75) is 25.6 Å². The van der Waals surface area contributed by atoms with E-state index in [-0.39, 0.29) is 12.0 Å². The molecule has 0 saturated carbocycles. The first-order valence-electron chi connectivity index (χ1n) is 4.59. The Morgan fingerprint density at radius 1 is 1.38 bits per heavy atom. The van der Waals surface area contributed by atoms with Crippen LogP contribution in [0.25, 0.3) is 0 Å². The van der Waals surface area contributed by atoms with Gasteiger partial charge in [0.2, 0.25) is 0 Å². The lowest BCUT2D eigenvalue weighted by Gasteiger charge is -2.12. The molecule has 1 aromatic carbocycles. The number of benzene rings is 1. The van der Waals surface area contributed by atoms with Crippen LogP contribution in [0, 0.1) is 10.7 Å². The van der Waals surface area contributed by atoms with E-state index in [2.05, 4.69) is 5.18 Å².